The fourth-order valence-corrected chi connectivity index (χ4v) is 5.36. The van der Waals surface area contributed by atoms with Crippen molar-refractivity contribution >= 4 is 66.5 Å². The van der Waals surface area contributed by atoms with Crippen LogP contribution in [0.2, 0.25) is 5.02 Å². The molecule has 2 aliphatic rings. The standard InChI is InChI=1S/C22H17ClN4O6S2/c1-3-35(30,31)22-26-27-18(24)15(19(28)25-21(27)34-22)10-12-4-9-17(16(23)11-12)33-20(29)13-5-7-14(32-2)8-6-13/h4-11,24H,3H2,1-2H3. The average Bonchev–Trinajstić information content (AvgIpc) is 3.28. The first-order chi connectivity index (χ1) is 16.6. The molecular formula is C22H17ClN4O6S2. The Balaban J connectivity index is 1.55. The summed E-state index contributed by atoms with van der Waals surface area (Å²) in [5, 5.41) is 13.4. The first-order valence-electron chi connectivity index (χ1n) is 10.0. The predicted octanol–water partition coefficient (Wildman–Crippen LogP) is 3.58. The lowest BCUT2D eigenvalue weighted by molar-refractivity contribution is -0.114. The molecule has 0 unspecified atom stereocenters. The van der Waals surface area contributed by atoms with Gasteiger partial charge in [0.2, 0.25) is 19.4 Å². The Morgan fingerprint density at radius 1 is 1.23 bits per heavy atom. The number of halogens is 1. The number of carbonyl (C=O) groups excluding carboxylic acids is 2. The maximum atomic E-state index is 12.5. The van der Waals surface area contributed by atoms with Crippen LogP contribution in [0.4, 0.5) is 0 Å². The molecule has 10 nitrogen and oxygen atoms in total. The highest BCUT2D eigenvalue weighted by Gasteiger charge is 2.39. The smallest absolute Gasteiger partial charge is 0.343 e. The highest BCUT2D eigenvalue weighted by Crippen LogP contribution is 2.32. The van der Waals surface area contributed by atoms with E-state index in [9.17, 15) is 18.0 Å². The molecule has 1 amide bonds. The highest BCUT2D eigenvalue weighted by molar-refractivity contribution is 8.42. The van der Waals surface area contributed by atoms with E-state index in [-0.39, 0.29) is 37.5 Å². The number of carbonyl (C=O) groups is 2. The van der Waals surface area contributed by atoms with Crippen LogP contribution in [-0.4, -0.2) is 53.5 Å². The van der Waals surface area contributed by atoms with Crippen molar-refractivity contribution in [3.8, 4) is 11.5 Å². The van der Waals surface area contributed by atoms with Gasteiger partial charge in [0.1, 0.15) is 11.5 Å². The van der Waals surface area contributed by atoms with Gasteiger partial charge in [-0.1, -0.05) is 24.6 Å². The molecule has 35 heavy (non-hydrogen) atoms. The molecular weight excluding hydrogens is 516 g/mol. The van der Waals surface area contributed by atoms with E-state index in [0.717, 1.165) is 16.8 Å². The second-order valence-electron chi connectivity index (χ2n) is 7.10. The topological polar surface area (TPSA) is 139 Å². The lowest BCUT2D eigenvalue weighted by Crippen LogP contribution is -2.35. The summed E-state index contributed by atoms with van der Waals surface area (Å²) in [7, 11) is -2.10. The summed E-state index contributed by atoms with van der Waals surface area (Å²) in [6.45, 7) is 1.47. The van der Waals surface area contributed by atoms with E-state index in [4.69, 9.17) is 26.5 Å². The quantitative estimate of drug-likeness (QED) is 0.350. The van der Waals surface area contributed by atoms with Crippen molar-refractivity contribution in [2.24, 2.45) is 10.1 Å². The number of aliphatic imine (C=N–C) groups is 1. The Bertz CT molecular complexity index is 1450. The van der Waals surface area contributed by atoms with Crippen molar-refractivity contribution in [2.45, 2.75) is 6.92 Å². The molecule has 0 bridgehead atoms. The van der Waals surface area contributed by atoms with Crippen molar-refractivity contribution in [3.05, 3.63) is 64.2 Å². The van der Waals surface area contributed by atoms with Gasteiger partial charge in [-0.2, -0.15) is 10.0 Å². The van der Waals surface area contributed by atoms with Crippen molar-refractivity contribution in [1.29, 1.82) is 5.41 Å². The number of hydrogen-bond acceptors (Lipinski definition) is 9. The summed E-state index contributed by atoms with van der Waals surface area (Å²) < 4.78 is 34.4. The molecule has 0 atom stereocenters. The Hall–Kier alpha value is -3.48. The van der Waals surface area contributed by atoms with Crippen LogP contribution in [0, 0.1) is 5.41 Å². The molecule has 0 saturated carbocycles. The number of esters is 1. The van der Waals surface area contributed by atoms with Crippen LogP contribution in [0.1, 0.15) is 22.8 Å². The molecule has 180 valence electrons. The van der Waals surface area contributed by atoms with Gasteiger partial charge in [-0.25, -0.2) is 13.2 Å². The van der Waals surface area contributed by atoms with E-state index in [1.54, 1.807) is 30.3 Å². The van der Waals surface area contributed by atoms with Gasteiger partial charge in [-0.3, -0.25) is 10.2 Å². The molecule has 4 rings (SSSR count). The molecule has 0 fully saturated rings. The largest absolute Gasteiger partial charge is 0.497 e. The number of methoxy groups -OCH3 is 1. The number of benzene rings is 2. The molecule has 0 radical (unpaired) electrons. The Kier molecular flexibility index (Phi) is 6.79. The molecule has 1 N–H and O–H groups in total. The lowest BCUT2D eigenvalue weighted by atomic mass is 10.1. The molecule has 2 aliphatic heterocycles. The molecule has 2 aromatic carbocycles. The van der Waals surface area contributed by atoms with Crippen LogP contribution in [0.25, 0.3) is 6.08 Å². The summed E-state index contributed by atoms with van der Waals surface area (Å²) >= 11 is 7.00. The lowest BCUT2D eigenvalue weighted by Gasteiger charge is -2.20. The van der Waals surface area contributed by atoms with E-state index in [0.29, 0.717) is 16.9 Å². The number of hydrazone groups is 1. The van der Waals surface area contributed by atoms with Gasteiger partial charge >= 0.3 is 5.97 Å². The van der Waals surface area contributed by atoms with Crippen molar-refractivity contribution in [1.82, 2.24) is 5.01 Å². The number of hydrogen-bond donors (Lipinski definition) is 1. The zero-order chi connectivity index (χ0) is 25.3. The Labute approximate surface area is 209 Å². The monoisotopic (exact) mass is 532 g/mol. The molecule has 0 aliphatic carbocycles. The van der Waals surface area contributed by atoms with Gasteiger partial charge in [-0.05, 0) is 59.8 Å². The maximum absolute atomic E-state index is 12.5. The van der Waals surface area contributed by atoms with Crippen molar-refractivity contribution in [3.63, 3.8) is 0 Å². The number of ether oxygens (including phenoxy) is 2. The minimum absolute atomic E-state index is 0.00278. The first-order valence-corrected chi connectivity index (χ1v) is 12.9. The molecule has 0 spiro atoms. The van der Waals surface area contributed by atoms with E-state index >= 15 is 0 Å². The van der Waals surface area contributed by atoms with E-state index in [2.05, 4.69) is 10.1 Å². The van der Waals surface area contributed by atoms with Gasteiger partial charge in [0.15, 0.2) is 5.84 Å². The summed E-state index contributed by atoms with van der Waals surface area (Å²) in [6.07, 6.45) is 1.37. The summed E-state index contributed by atoms with van der Waals surface area (Å²) in [5.74, 6) is -1.12. The van der Waals surface area contributed by atoms with E-state index < -0.39 is 21.7 Å². The van der Waals surface area contributed by atoms with Crippen LogP contribution < -0.4 is 9.47 Å². The van der Waals surface area contributed by atoms with Crippen LogP contribution in [0.15, 0.2) is 58.1 Å². The zero-order valence-corrected chi connectivity index (χ0v) is 20.7. The summed E-state index contributed by atoms with van der Waals surface area (Å²) in [5.41, 5.74) is 0.631. The zero-order valence-electron chi connectivity index (χ0n) is 18.3. The van der Waals surface area contributed by atoms with Gasteiger partial charge in [-0.15, -0.1) is 5.10 Å². The minimum atomic E-state index is -3.62. The average molecular weight is 533 g/mol. The number of amides is 1. The number of nitrogens with zero attached hydrogens (tertiary/aromatic N) is 3. The first kappa shape index (κ1) is 24.6. The molecule has 13 heteroatoms. The second kappa shape index (κ2) is 9.64. The molecule has 0 aromatic heterocycles. The SMILES string of the molecule is CCS(=O)(=O)C1=NN2C(=N)C(=Cc3ccc(OC(=O)c4ccc(OC)cc4)c(Cl)c3)C(=O)N=C2S1. The fraction of sp³-hybridized carbons (Fsp3) is 0.136. The normalized spacial score (nSPS) is 16.7. The van der Waals surface area contributed by atoms with Crippen LogP contribution in [0.3, 0.4) is 0 Å². The number of amidine groups is 2. The maximum Gasteiger partial charge on any atom is 0.343 e. The fourth-order valence-electron chi connectivity index (χ4n) is 2.97. The van der Waals surface area contributed by atoms with Gasteiger partial charge in [0.25, 0.3) is 5.91 Å². The molecule has 2 aromatic rings. The predicted molar refractivity (Wildman–Crippen MR) is 134 cm³/mol. The number of fused-ring (bicyclic) bond motifs is 1. The third-order valence-electron chi connectivity index (χ3n) is 4.88. The minimum Gasteiger partial charge on any atom is -0.497 e. The summed E-state index contributed by atoms with van der Waals surface area (Å²) in [6, 6.07) is 10.8. The van der Waals surface area contributed by atoms with Gasteiger partial charge in [0, 0.05) is 0 Å². The number of sulfone groups is 1. The van der Waals surface area contributed by atoms with Gasteiger partial charge < -0.3 is 9.47 Å². The molecule has 2 heterocycles. The van der Waals surface area contributed by atoms with Gasteiger partial charge in [0.05, 0.1) is 29.0 Å². The van der Waals surface area contributed by atoms with Crippen molar-refractivity contribution in [2.75, 3.05) is 12.9 Å². The van der Waals surface area contributed by atoms with E-state index in [1.165, 1.54) is 32.2 Å². The Morgan fingerprint density at radius 3 is 2.57 bits per heavy atom. The third kappa shape index (κ3) is 4.99. The van der Waals surface area contributed by atoms with Crippen LogP contribution in [0.5, 0.6) is 11.5 Å². The van der Waals surface area contributed by atoms with E-state index in [1.807, 2.05) is 0 Å². The number of thioether (sulfide) groups is 1. The highest BCUT2D eigenvalue weighted by atomic mass is 35.5. The third-order valence-corrected chi connectivity index (χ3v) is 8.26. The Morgan fingerprint density at radius 2 is 1.94 bits per heavy atom. The molecule has 0 saturated heterocycles. The second-order valence-corrected chi connectivity index (χ2v) is 10.9. The number of nitrogens with one attached hydrogen (secondary N) is 1. The summed E-state index contributed by atoms with van der Waals surface area (Å²) in [4.78, 5) is 28.8. The van der Waals surface area contributed by atoms with Crippen LogP contribution >= 0.6 is 23.4 Å². The van der Waals surface area contributed by atoms with Crippen LogP contribution in [-0.2, 0) is 14.6 Å². The number of rotatable bonds is 5. The van der Waals surface area contributed by atoms with Crippen molar-refractivity contribution < 1.29 is 27.5 Å².